The molecule has 2 aliphatic rings. The van der Waals surface area contributed by atoms with Gasteiger partial charge in [0.15, 0.2) is 0 Å². The van der Waals surface area contributed by atoms with Crippen LogP contribution in [0.15, 0.2) is 29.1 Å². The molecule has 0 bridgehead atoms. The van der Waals surface area contributed by atoms with Crippen LogP contribution in [0.4, 0.5) is 11.8 Å². The molecule has 32 heavy (non-hydrogen) atoms. The largest absolute Gasteiger partial charge is 0.396 e. The number of anilines is 2. The first kappa shape index (κ1) is 21.3. The zero-order valence-electron chi connectivity index (χ0n) is 17.8. The van der Waals surface area contributed by atoms with Crippen LogP contribution in [0.5, 0.6) is 0 Å². The monoisotopic (exact) mass is 456 g/mol. The molecule has 4 heterocycles. The lowest BCUT2D eigenvalue weighted by Gasteiger charge is -2.33. The number of nitrogens with zero attached hydrogens (tertiary/aromatic N) is 3. The van der Waals surface area contributed by atoms with Crippen molar-refractivity contribution >= 4 is 33.3 Å². The Morgan fingerprint density at radius 3 is 3.03 bits per heavy atom. The predicted octanol–water partition coefficient (Wildman–Crippen LogP) is 1.80. The summed E-state index contributed by atoms with van der Waals surface area (Å²) >= 11 is 1.50. The molecular formula is C22H28N6O3S. The maximum absolute atomic E-state index is 13.3. The zero-order chi connectivity index (χ0) is 21.9. The van der Waals surface area contributed by atoms with Crippen LogP contribution in [0.25, 0.3) is 20.8 Å². The second-order valence-corrected chi connectivity index (χ2v) is 9.27. The minimum atomic E-state index is -0.203. The third-order valence-corrected chi connectivity index (χ3v) is 7.00. The van der Waals surface area contributed by atoms with E-state index in [-0.39, 0.29) is 24.3 Å². The minimum Gasteiger partial charge on any atom is -0.396 e. The molecule has 2 aliphatic heterocycles. The number of rotatable bonds is 6. The molecule has 0 radical (unpaired) electrons. The van der Waals surface area contributed by atoms with E-state index in [1.54, 1.807) is 0 Å². The van der Waals surface area contributed by atoms with Crippen molar-refractivity contribution in [3.63, 3.8) is 0 Å². The standard InChI is InChI=1S/C22H28N6O3S/c29-10-7-15-13-28(9-11-31-15)22-26-19(24-14-4-3-8-23-12-14)18(20(30)27-22)21-25-16-5-1-2-6-17(16)32-21/h1-2,5-6,14-15,23,29H,3-4,7-13H2,(H2,24,26,27,30)/t14-,15?/m1/s1. The van der Waals surface area contributed by atoms with E-state index in [9.17, 15) is 9.90 Å². The van der Waals surface area contributed by atoms with Gasteiger partial charge in [0.2, 0.25) is 5.95 Å². The second kappa shape index (κ2) is 9.53. The zero-order valence-corrected chi connectivity index (χ0v) is 18.7. The van der Waals surface area contributed by atoms with Gasteiger partial charge in [0.05, 0.1) is 22.9 Å². The molecule has 170 valence electrons. The molecule has 3 aromatic rings. The maximum Gasteiger partial charge on any atom is 0.264 e. The molecule has 5 rings (SSSR count). The Balaban J connectivity index is 1.53. The molecule has 10 heteroatoms. The molecule has 0 amide bonds. The summed E-state index contributed by atoms with van der Waals surface area (Å²) in [5.74, 6) is 1.10. The highest BCUT2D eigenvalue weighted by molar-refractivity contribution is 7.21. The number of hydrogen-bond donors (Lipinski definition) is 4. The number of thiazole rings is 1. The number of fused-ring (bicyclic) bond motifs is 1. The van der Waals surface area contributed by atoms with E-state index < -0.39 is 0 Å². The van der Waals surface area contributed by atoms with Gasteiger partial charge < -0.3 is 25.4 Å². The number of ether oxygens (including phenoxy) is 1. The number of aliphatic hydroxyl groups excluding tert-OH is 1. The summed E-state index contributed by atoms with van der Waals surface area (Å²) in [5, 5.41) is 16.9. The van der Waals surface area contributed by atoms with Crippen molar-refractivity contribution in [1.29, 1.82) is 0 Å². The number of piperidine rings is 1. The quantitative estimate of drug-likeness (QED) is 0.444. The van der Waals surface area contributed by atoms with Crippen LogP contribution in [0.2, 0.25) is 0 Å². The summed E-state index contributed by atoms with van der Waals surface area (Å²) in [4.78, 5) is 27.9. The van der Waals surface area contributed by atoms with E-state index in [4.69, 9.17) is 14.7 Å². The molecular weight excluding hydrogens is 428 g/mol. The molecule has 0 aliphatic carbocycles. The Kier molecular flexibility index (Phi) is 6.35. The van der Waals surface area contributed by atoms with E-state index in [1.807, 2.05) is 29.2 Å². The van der Waals surface area contributed by atoms with Crippen molar-refractivity contribution in [2.24, 2.45) is 0 Å². The van der Waals surface area contributed by atoms with Crippen molar-refractivity contribution in [3.8, 4) is 10.6 Å². The Labute approximate surface area is 189 Å². The lowest BCUT2D eigenvalue weighted by molar-refractivity contribution is 0.0242. The molecule has 1 unspecified atom stereocenters. The number of morpholine rings is 1. The first-order chi connectivity index (χ1) is 15.7. The average Bonchev–Trinajstić information content (AvgIpc) is 3.23. The summed E-state index contributed by atoms with van der Waals surface area (Å²) in [5.41, 5.74) is 1.16. The SMILES string of the molecule is O=c1[nH]c(N2CCOC(CCO)C2)nc(N[C@@H]2CCCNC2)c1-c1nc2ccccc2s1. The number of hydrogen-bond acceptors (Lipinski definition) is 9. The van der Waals surface area contributed by atoms with E-state index in [2.05, 4.69) is 15.6 Å². The molecule has 2 aromatic heterocycles. The summed E-state index contributed by atoms with van der Waals surface area (Å²) in [6, 6.07) is 8.10. The third kappa shape index (κ3) is 4.49. The molecule has 0 saturated carbocycles. The Hall–Kier alpha value is -2.53. The van der Waals surface area contributed by atoms with Crippen molar-refractivity contribution in [2.75, 3.05) is 49.6 Å². The van der Waals surface area contributed by atoms with Gasteiger partial charge in [0, 0.05) is 32.3 Å². The fourth-order valence-electron chi connectivity index (χ4n) is 4.29. The highest BCUT2D eigenvalue weighted by Crippen LogP contribution is 2.32. The number of aromatic nitrogens is 3. The summed E-state index contributed by atoms with van der Waals surface area (Å²) < 4.78 is 6.76. The van der Waals surface area contributed by atoms with E-state index in [1.165, 1.54) is 11.3 Å². The van der Waals surface area contributed by atoms with Crippen molar-refractivity contribution in [3.05, 3.63) is 34.6 Å². The second-order valence-electron chi connectivity index (χ2n) is 8.24. The van der Waals surface area contributed by atoms with Gasteiger partial charge in [-0.25, -0.2) is 4.98 Å². The Morgan fingerprint density at radius 1 is 1.31 bits per heavy atom. The average molecular weight is 457 g/mol. The highest BCUT2D eigenvalue weighted by Gasteiger charge is 2.26. The first-order valence-corrected chi connectivity index (χ1v) is 12.0. The predicted molar refractivity (Wildman–Crippen MR) is 127 cm³/mol. The van der Waals surface area contributed by atoms with Gasteiger partial charge in [0.1, 0.15) is 16.4 Å². The molecule has 2 fully saturated rings. The third-order valence-electron chi connectivity index (χ3n) is 5.94. The molecule has 2 atom stereocenters. The minimum absolute atomic E-state index is 0.0699. The van der Waals surface area contributed by atoms with E-state index in [0.717, 1.165) is 36.1 Å². The van der Waals surface area contributed by atoms with E-state index >= 15 is 0 Å². The fourth-order valence-corrected chi connectivity index (χ4v) is 5.30. The maximum atomic E-state index is 13.3. The summed E-state index contributed by atoms with van der Waals surface area (Å²) in [6.07, 6.45) is 2.58. The van der Waals surface area contributed by atoms with Crippen LogP contribution < -0.4 is 21.1 Å². The molecule has 9 nitrogen and oxygen atoms in total. The number of para-hydroxylation sites is 1. The van der Waals surface area contributed by atoms with Crippen LogP contribution >= 0.6 is 11.3 Å². The Bertz CT molecular complexity index is 1090. The first-order valence-electron chi connectivity index (χ1n) is 11.2. The van der Waals surface area contributed by atoms with Crippen molar-refractivity contribution in [1.82, 2.24) is 20.3 Å². The van der Waals surface area contributed by atoms with Crippen LogP contribution in [-0.4, -0.2) is 71.6 Å². The van der Waals surface area contributed by atoms with Crippen LogP contribution in [0.3, 0.4) is 0 Å². The highest BCUT2D eigenvalue weighted by atomic mass is 32.1. The lowest BCUT2D eigenvalue weighted by atomic mass is 10.1. The number of nitrogens with one attached hydrogen (secondary N) is 3. The smallest absolute Gasteiger partial charge is 0.264 e. The van der Waals surface area contributed by atoms with Gasteiger partial charge >= 0.3 is 0 Å². The number of benzene rings is 1. The number of aliphatic hydroxyl groups is 1. The summed E-state index contributed by atoms with van der Waals surface area (Å²) in [6.45, 7) is 3.66. The van der Waals surface area contributed by atoms with Crippen LogP contribution in [-0.2, 0) is 4.74 Å². The van der Waals surface area contributed by atoms with Gasteiger partial charge in [-0.3, -0.25) is 9.78 Å². The van der Waals surface area contributed by atoms with E-state index in [0.29, 0.717) is 48.5 Å². The van der Waals surface area contributed by atoms with Crippen molar-refractivity contribution in [2.45, 2.75) is 31.4 Å². The van der Waals surface area contributed by atoms with Crippen LogP contribution in [0.1, 0.15) is 19.3 Å². The summed E-state index contributed by atoms with van der Waals surface area (Å²) in [7, 11) is 0. The van der Waals surface area contributed by atoms with Gasteiger partial charge in [0.25, 0.3) is 5.56 Å². The number of aromatic amines is 1. The number of H-pyrrole nitrogens is 1. The Morgan fingerprint density at radius 2 is 2.22 bits per heavy atom. The van der Waals surface area contributed by atoms with Gasteiger partial charge in [-0.15, -0.1) is 11.3 Å². The molecule has 2 saturated heterocycles. The van der Waals surface area contributed by atoms with Gasteiger partial charge in [-0.2, -0.15) is 4.98 Å². The van der Waals surface area contributed by atoms with Gasteiger partial charge in [-0.1, -0.05) is 12.1 Å². The normalized spacial score (nSPS) is 21.7. The van der Waals surface area contributed by atoms with Crippen molar-refractivity contribution < 1.29 is 9.84 Å². The molecule has 4 N–H and O–H groups in total. The molecule has 0 spiro atoms. The topological polar surface area (TPSA) is 115 Å². The lowest BCUT2D eigenvalue weighted by Crippen LogP contribution is -2.44. The van der Waals surface area contributed by atoms with Crippen LogP contribution in [0, 0.1) is 0 Å². The van der Waals surface area contributed by atoms with Gasteiger partial charge in [-0.05, 0) is 37.9 Å². The fraction of sp³-hybridized carbons (Fsp3) is 0.500. The molecule has 1 aromatic carbocycles.